The van der Waals surface area contributed by atoms with E-state index in [1.54, 1.807) is 43.3 Å². The molecule has 170 valence electrons. The molecular formula is C24H20Cl2N2O4S. The molecule has 6 nitrogen and oxygen atoms in total. The van der Waals surface area contributed by atoms with Gasteiger partial charge in [0.25, 0.3) is 5.56 Å². The van der Waals surface area contributed by atoms with E-state index >= 15 is 0 Å². The Balaban J connectivity index is 1.90. The molecule has 0 saturated heterocycles. The minimum atomic E-state index is -0.766. The minimum Gasteiger partial charge on any atom is -0.460 e. The van der Waals surface area contributed by atoms with Gasteiger partial charge in [-0.2, -0.15) is 0 Å². The Morgan fingerprint density at radius 1 is 1.15 bits per heavy atom. The van der Waals surface area contributed by atoms with Crippen molar-refractivity contribution in [2.75, 3.05) is 20.3 Å². The number of halogens is 2. The number of hydrogen-bond acceptors (Lipinski definition) is 6. The van der Waals surface area contributed by atoms with E-state index in [4.69, 9.17) is 32.7 Å². The van der Waals surface area contributed by atoms with E-state index in [0.29, 0.717) is 30.6 Å². The van der Waals surface area contributed by atoms with Crippen molar-refractivity contribution >= 4 is 46.6 Å². The second-order valence-corrected chi connectivity index (χ2v) is 9.14. The van der Waals surface area contributed by atoms with Gasteiger partial charge in [-0.15, -0.1) is 0 Å². The average Bonchev–Trinajstić information content (AvgIpc) is 3.09. The quantitative estimate of drug-likeness (QED) is 0.380. The zero-order chi connectivity index (χ0) is 23.5. The number of carbonyl (C=O) groups excluding carboxylic acids is 1. The van der Waals surface area contributed by atoms with Gasteiger partial charge in [0, 0.05) is 17.2 Å². The molecule has 3 aromatic rings. The number of hydrogen-bond donors (Lipinski definition) is 0. The maximum atomic E-state index is 13.5. The van der Waals surface area contributed by atoms with Gasteiger partial charge in [-0.3, -0.25) is 9.36 Å². The predicted octanol–water partition coefficient (Wildman–Crippen LogP) is 3.73. The van der Waals surface area contributed by atoms with Crippen LogP contribution in [0, 0.1) is 0 Å². The first-order valence-corrected chi connectivity index (χ1v) is 11.7. The molecule has 0 bridgehead atoms. The Hall–Kier alpha value is -2.71. The summed E-state index contributed by atoms with van der Waals surface area (Å²) in [6.07, 6.45) is 1.78. The van der Waals surface area contributed by atoms with Crippen molar-refractivity contribution in [3.8, 4) is 0 Å². The molecule has 0 saturated carbocycles. The van der Waals surface area contributed by atoms with Crippen LogP contribution in [-0.2, 0) is 14.3 Å². The highest BCUT2D eigenvalue weighted by atomic mass is 35.5. The molecule has 2 aromatic carbocycles. The maximum absolute atomic E-state index is 13.5. The van der Waals surface area contributed by atoms with Crippen molar-refractivity contribution in [3.05, 3.63) is 101 Å². The lowest BCUT2D eigenvalue weighted by molar-refractivity contribution is -0.140. The number of fused-ring (bicyclic) bond motifs is 1. The van der Waals surface area contributed by atoms with Crippen LogP contribution in [-0.4, -0.2) is 30.9 Å². The van der Waals surface area contributed by atoms with E-state index in [2.05, 4.69) is 4.99 Å². The maximum Gasteiger partial charge on any atom is 0.338 e. The smallest absolute Gasteiger partial charge is 0.338 e. The van der Waals surface area contributed by atoms with Crippen molar-refractivity contribution in [2.45, 2.75) is 13.0 Å². The third-order valence-electron chi connectivity index (χ3n) is 5.13. The van der Waals surface area contributed by atoms with Gasteiger partial charge >= 0.3 is 5.97 Å². The van der Waals surface area contributed by atoms with Gasteiger partial charge in [0.15, 0.2) is 4.80 Å². The molecule has 0 radical (unpaired) electrons. The minimum absolute atomic E-state index is 0.0857. The predicted molar refractivity (Wildman–Crippen MR) is 130 cm³/mol. The number of carbonyl (C=O) groups is 1. The molecular weight excluding hydrogens is 483 g/mol. The van der Waals surface area contributed by atoms with Crippen molar-refractivity contribution in [1.82, 2.24) is 4.57 Å². The molecule has 0 aliphatic carbocycles. The number of thiazole rings is 1. The normalized spacial score (nSPS) is 15.9. The fourth-order valence-electron chi connectivity index (χ4n) is 3.58. The zero-order valence-electron chi connectivity index (χ0n) is 17.9. The Bertz CT molecular complexity index is 1410. The Labute approximate surface area is 204 Å². The fourth-order valence-corrected chi connectivity index (χ4v) is 4.99. The number of nitrogens with zero attached hydrogens (tertiary/aromatic N) is 2. The highest BCUT2D eigenvalue weighted by Gasteiger charge is 2.34. The van der Waals surface area contributed by atoms with Gasteiger partial charge in [-0.05, 0) is 42.3 Å². The number of esters is 1. The van der Waals surface area contributed by atoms with E-state index in [1.165, 1.54) is 23.0 Å². The summed E-state index contributed by atoms with van der Waals surface area (Å²) in [6.45, 7) is 2.07. The molecule has 2 heterocycles. The SMILES string of the molecule is COCCOC(=O)C1=C(C)N=c2sc(=Cc3ccc(Cl)cc3)c(=O)n2C1c1ccccc1Cl. The summed E-state index contributed by atoms with van der Waals surface area (Å²) in [5.74, 6) is -0.565. The largest absolute Gasteiger partial charge is 0.460 e. The van der Waals surface area contributed by atoms with Crippen LogP contribution in [0.2, 0.25) is 10.0 Å². The molecule has 1 aliphatic rings. The molecule has 0 N–H and O–H groups in total. The number of benzene rings is 2. The molecule has 0 amide bonds. The first-order valence-electron chi connectivity index (χ1n) is 10.1. The van der Waals surface area contributed by atoms with Gasteiger partial charge in [0.1, 0.15) is 12.6 Å². The topological polar surface area (TPSA) is 69.9 Å². The number of aromatic nitrogens is 1. The highest BCUT2D eigenvalue weighted by molar-refractivity contribution is 7.07. The van der Waals surface area contributed by atoms with Gasteiger partial charge in [0.2, 0.25) is 0 Å². The molecule has 33 heavy (non-hydrogen) atoms. The van der Waals surface area contributed by atoms with Crippen LogP contribution in [0.25, 0.3) is 6.08 Å². The third-order valence-corrected chi connectivity index (χ3v) is 6.71. The summed E-state index contributed by atoms with van der Waals surface area (Å²) in [5, 5.41) is 1.05. The standard InChI is InChI=1S/C24H20Cl2N2O4S/c1-14-20(23(30)32-12-11-31-2)21(17-5-3-4-6-18(17)26)28-22(29)19(33-24(28)27-14)13-15-7-9-16(25)10-8-15/h3-10,13,21H,11-12H2,1-2H3. The van der Waals surface area contributed by atoms with Gasteiger partial charge < -0.3 is 9.47 Å². The van der Waals surface area contributed by atoms with E-state index in [0.717, 1.165) is 5.56 Å². The number of rotatable bonds is 6. The van der Waals surface area contributed by atoms with Crippen molar-refractivity contribution < 1.29 is 14.3 Å². The zero-order valence-corrected chi connectivity index (χ0v) is 20.2. The van der Waals surface area contributed by atoms with Crippen molar-refractivity contribution in [3.63, 3.8) is 0 Å². The molecule has 1 atom stereocenters. The van der Waals surface area contributed by atoms with E-state index < -0.39 is 12.0 Å². The van der Waals surface area contributed by atoms with Crippen LogP contribution < -0.4 is 14.9 Å². The second kappa shape index (κ2) is 10.1. The van der Waals surface area contributed by atoms with Crippen LogP contribution >= 0.6 is 34.5 Å². The summed E-state index contributed by atoms with van der Waals surface area (Å²) in [7, 11) is 1.52. The lowest BCUT2D eigenvalue weighted by Crippen LogP contribution is -2.40. The fraction of sp³-hybridized carbons (Fsp3) is 0.208. The number of allylic oxidation sites excluding steroid dienone is 1. The monoisotopic (exact) mass is 502 g/mol. The first-order chi connectivity index (χ1) is 15.9. The first kappa shape index (κ1) is 23.4. The molecule has 4 rings (SSSR count). The number of methoxy groups -OCH3 is 1. The summed E-state index contributed by atoms with van der Waals surface area (Å²) < 4.78 is 12.4. The third kappa shape index (κ3) is 4.82. The second-order valence-electron chi connectivity index (χ2n) is 7.28. The summed E-state index contributed by atoms with van der Waals surface area (Å²) in [4.78, 5) is 31.6. The molecule has 9 heteroatoms. The molecule has 1 aliphatic heterocycles. The van der Waals surface area contributed by atoms with Crippen molar-refractivity contribution in [1.29, 1.82) is 0 Å². The summed E-state index contributed by atoms with van der Waals surface area (Å²) >= 11 is 13.7. The molecule has 1 unspecified atom stereocenters. The van der Waals surface area contributed by atoms with Gasteiger partial charge in [0.05, 0.1) is 22.4 Å². The van der Waals surface area contributed by atoms with Gasteiger partial charge in [-0.25, -0.2) is 9.79 Å². The van der Waals surface area contributed by atoms with Crippen LogP contribution in [0.1, 0.15) is 24.1 Å². The number of ether oxygens (including phenoxy) is 2. The van der Waals surface area contributed by atoms with Crippen LogP contribution in [0.5, 0.6) is 0 Å². The van der Waals surface area contributed by atoms with E-state index in [-0.39, 0.29) is 24.3 Å². The van der Waals surface area contributed by atoms with Crippen LogP contribution in [0.15, 0.2) is 69.6 Å². The summed E-state index contributed by atoms with van der Waals surface area (Å²) in [5.41, 5.74) is 1.92. The summed E-state index contributed by atoms with van der Waals surface area (Å²) in [6, 6.07) is 13.5. The van der Waals surface area contributed by atoms with Crippen molar-refractivity contribution in [2.24, 2.45) is 4.99 Å². The Morgan fingerprint density at radius 3 is 2.58 bits per heavy atom. The molecule has 1 aromatic heterocycles. The van der Waals surface area contributed by atoms with Crippen LogP contribution in [0.3, 0.4) is 0 Å². The average molecular weight is 503 g/mol. The van der Waals surface area contributed by atoms with E-state index in [9.17, 15) is 9.59 Å². The Kier molecular flexibility index (Phi) is 7.14. The molecule has 0 fully saturated rings. The lowest BCUT2D eigenvalue weighted by atomic mass is 9.96. The lowest BCUT2D eigenvalue weighted by Gasteiger charge is -2.25. The van der Waals surface area contributed by atoms with E-state index in [1.807, 2.05) is 18.2 Å². The van der Waals surface area contributed by atoms with Gasteiger partial charge in [-0.1, -0.05) is 64.9 Å². The molecule has 0 spiro atoms. The Morgan fingerprint density at radius 2 is 1.88 bits per heavy atom. The highest BCUT2D eigenvalue weighted by Crippen LogP contribution is 2.34. The van der Waals surface area contributed by atoms with Crippen LogP contribution in [0.4, 0.5) is 0 Å².